The van der Waals surface area contributed by atoms with Crippen molar-refractivity contribution >= 4 is 29.3 Å². The summed E-state index contributed by atoms with van der Waals surface area (Å²) < 4.78 is 5.24. The third-order valence-corrected chi connectivity index (χ3v) is 6.95. The van der Waals surface area contributed by atoms with Gasteiger partial charge in [0.15, 0.2) is 0 Å². The van der Waals surface area contributed by atoms with Crippen molar-refractivity contribution in [3.05, 3.63) is 75.9 Å². The number of aliphatic hydroxyl groups excluding tert-OH is 1. The Labute approximate surface area is 209 Å². The Morgan fingerprint density at radius 1 is 1.23 bits per heavy atom. The van der Waals surface area contributed by atoms with Crippen LogP contribution in [0.3, 0.4) is 0 Å². The topological polar surface area (TPSA) is 90.8 Å². The lowest BCUT2D eigenvalue weighted by Gasteiger charge is -2.24. The number of rotatable bonds is 7. The van der Waals surface area contributed by atoms with Gasteiger partial charge in [0.1, 0.15) is 17.1 Å². The second-order valence-corrected chi connectivity index (χ2v) is 9.26. The van der Waals surface area contributed by atoms with Gasteiger partial charge in [-0.25, -0.2) is 4.98 Å². The molecule has 0 spiro atoms. The van der Waals surface area contributed by atoms with Gasteiger partial charge in [0.25, 0.3) is 5.91 Å². The molecule has 2 aliphatic rings. The van der Waals surface area contributed by atoms with Crippen molar-refractivity contribution in [3.63, 3.8) is 0 Å². The van der Waals surface area contributed by atoms with Gasteiger partial charge in [-0.05, 0) is 41.7 Å². The van der Waals surface area contributed by atoms with E-state index in [0.717, 1.165) is 36.1 Å². The molecule has 2 aliphatic heterocycles. The van der Waals surface area contributed by atoms with Gasteiger partial charge in [0.05, 0.1) is 24.8 Å². The van der Waals surface area contributed by atoms with Crippen molar-refractivity contribution in [2.24, 2.45) is 0 Å². The molecule has 0 bridgehead atoms. The second-order valence-electron chi connectivity index (χ2n) is 8.86. The van der Waals surface area contributed by atoms with E-state index < -0.39 is 0 Å². The molecule has 0 saturated carbocycles. The number of nitrogens with one attached hydrogen (secondary N) is 1. The predicted molar refractivity (Wildman–Crippen MR) is 135 cm³/mol. The van der Waals surface area contributed by atoms with Gasteiger partial charge in [0.2, 0.25) is 5.95 Å². The molecule has 9 heteroatoms. The van der Waals surface area contributed by atoms with Crippen molar-refractivity contribution < 1.29 is 14.6 Å². The van der Waals surface area contributed by atoms with Crippen molar-refractivity contribution in [1.82, 2.24) is 14.9 Å². The molecular formula is C26H28ClN5O3. The first-order valence-electron chi connectivity index (χ1n) is 11.7. The Hall–Kier alpha value is -3.36. The molecule has 35 heavy (non-hydrogen) atoms. The Balaban J connectivity index is 1.43. The highest BCUT2D eigenvalue weighted by molar-refractivity contribution is 6.32. The molecule has 182 valence electrons. The van der Waals surface area contributed by atoms with Gasteiger partial charge in [-0.1, -0.05) is 41.9 Å². The number of carbonyl (C=O) groups excluding carboxylic acids is 1. The molecule has 0 aliphatic carbocycles. The summed E-state index contributed by atoms with van der Waals surface area (Å²) in [5.41, 5.74) is 3.66. The molecule has 1 fully saturated rings. The largest absolute Gasteiger partial charge is 0.495 e. The predicted octanol–water partition coefficient (Wildman–Crippen LogP) is 3.87. The van der Waals surface area contributed by atoms with Gasteiger partial charge in [-0.15, -0.1) is 0 Å². The van der Waals surface area contributed by atoms with Crippen LogP contribution in [0.2, 0.25) is 5.02 Å². The summed E-state index contributed by atoms with van der Waals surface area (Å²) in [4.78, 5) is 26.7. The van der Waals surface area contributed by atoms with E-state index in [4.69, 9.17) is 21.3 Å². The molecule has 2 aromatic carbocycles. The number of hydrogen-bond donors (Lipinski definition) is 2. The number of amides is 1. The fourth-order valence-electron chi connectivity index (χ4n) is 4.74. The molecule has 1 amide bonds. The number of fused-ring (bicyclic) bond motifs is 1. The van der Waals surface area contributed by atoms with Crippen LogP contribution in [-0.4, -0.2) is 52.2 Å². The van der Waals surface area contributed by atoms with E-state index in [9.17, 15) is 9.90 Å². The Morgan fingerprint density at radius 2 is 2.00 bits per heavy atom. The number of hydrogen-bond acceptors (Lipinski definition) is 7. The van der Waals surface area contributed by atoms with Crippen LogP contribution in [0.4, 0.5) is 11.8 Å². The molecule has 8 nitrogen and oxygen atoms in total. The molecule has 1 aromatic heterocycles. The van der Waals surface area contributed by atoms with E-state index in [2.05, 4.69) is 22.4 Å². The lowest BCUT2D eigenvalue weighted by molar-refractivity contribution is 0.0751. The first kappa shape index (κ1) is 23.4. The lowest BCUT2D eigenvalue weighted by atomic mass is 10.1. The van der Waals surface area contributed by atoms with E-state index in [1.807, 2.05) is 40.1 Å². The van der Waals surface area contributed by atoms with Crippen LogP contribution < -0.4 is 15.0 Å². The first-order valence-corrected chi connectivity index (χ1v) is 12.1. The molecular weight excluding hydrogens is 466 g/mol. The van der Waals surface area contributed by atoms with E-state index >= 15 is 0 Å². The average molecular weight is 494 g/mol. The monoisotopic (exact) mass is 493 g/mol. The molecule has 0 unspecified atom stereocenters. The summed E-state index contributed by atoms with van der Waals surface area (Å²) in [5.74, 6) is 1.46. The molecule has 3 heterocycles. The normalized spacial score (nSPS) is 16.9. The molecule has 1 saturated heterocycles. The van der Waals surface area contributed by atoms with Crippen LogP contribution in [0.15, 0.2) is 48.7 Å². The average Bonchev–Trinajstić information content (AvgIpc) is 3.54. The number of halogens is 1. The SMILES string of the molecule is COc1ccc(CNc2nc(N3CCC[C@@H]3CO)ncc2C(=O)N2Cc3ccccc3C2)cc1Cl. The van der Waals surface area contributed by atoms with Crippen LogP contribution in [0.25, 0.3) is 0 Å². The lowest BCUT2D eigenvalue weighted by Crippen LogP contribution is -2.34. The number of methoxy groups -OCH3 is 1. The van der Waals surface area contributed by atoms with Gasteiger partial charge in [0, 0.05) is 32.4 Å². The zero-order chi connectivity index (χ0) is 24.4. The number of aliphatic hydroxyl groups is 1. The summed E-state index contributed by atoms with van der Waals surface area (Å²) in [6.45, 7) is 2.35. The first-order chi connectivity index (χ1) is 17.1. The smallest absolute Gasteiger partial charge is 0.259 e. The maximum atomic E-state index is 13.6. The minimum absolute atomic E-state index is 0.0159. The number of nitrogens with zero attached hydrogens (tertiary/aromatic N) is 4. The van der Waals surface area contributed by atoms with Crippen LogP contribution >= 0.6 is 11.6 Å². The Bertz CT molecular complexity index is 1210. The third-order valence-electron chi connectivity index (χ3n) is 6.66. The summed E-state index contributed by atoms with van der Waals surface area (Å²) in [5, 5.41) is 13.6. The zero-order valence-electron chi connectivity index (χ0n) is 19.6. The minimum Gasteiger partial charge on any atom is -0.495 e. The quantitative estimate of drug-likeness (QED) is 0.516. The molecule has 3 aromatic rings. The number of anilines is 2. The maximum absolute atomic E-state index is 13.6. The maximum Gasteiger partial charge on any atom is 0.259 e. The van der Waals surface area contributed by atoms with Gasteiger partial charge in [-0.2, -0.15) is 4.98 Å². The van der Waals surface area contributed by atoms with Gasteiger partial charge in [-0.3, -0.25) is 4.79 Å². The fraction of sp³-hybridized carbons (Fsp3) is 0.346. The Kier molecular flexibility index (Phi) is 6.74. The van der Waals surface area contributed by atoms with Crippen LogP contribution in [-0.2, 0) is 19.6 Å². The van der Waals surface area contributed by atoms with E-state index in [0.29, 0.717) is 47.7 Å². The standard InChI is InChI=1S/C26H28ClN5O3/c1-35-23-9-8-17(11-22(23)27)12-28-24-21(13-29-26(30-24)32-10-4-7-20(32)16-33)25(34)31-14-18-5-2-3-6-19(18)15-31/h2-3,5-6,8-9,11,13,20,33H,4,7,10,12,14-16H2,1H3,(H,28,29,30)/t20-/m1/s1. The van der Waals surface area contributed by atoms with Crippen LogP contribution in [0.5, 0.6) is 5.75 Å². The number of benzene rings is 2. The van der Waals surface area contributed by atoms with Gasteiger partial charge >= 0.3 is 0 Å². The third kappa shape index (κ3) is 4.76. The van der Waals surface area contributed by atoms with E-state index in [-0.39, 0.29) is 18.6 Å². The highest BCUT2D eigenvalue weighted by Gasteiger charge is 2.30. The van der Waals surface area contributed by atoms with Crippen LogP contribution in [0, 0.1) is 0 Å². The molecule has 0 radical (unpaired) electrons. The number of carbonyl (C=O) groups is 1. The highest BCUT2D eigenvalue weighted by atomic mass is 35.5. The number of aromatic nitrogens is 2. The van der Waals surface area contributed by atoms with Crippen molar-refractivity contribution in [2.75, 3.05) is 30.5 Å². The van der Waals surface area contributed by atoms with Crippen molar-refractivity contribution in [3.8, 4) is 5.75 Å². The number of ether oxygens (including phenoxy) is 1. The van der Waals surface area contributed by atoms with Crippen LogP contribution in [0.1, 0.15) is 39.9 Å². The molecule has 2 N–H and O–H groups in total. The minimum atomic E-state index is -0.122. The van der Waals surface area contributed by atoms with E-state index in [1.165, 1.54) is 0 Å². The molecule has 5 rings (SSSR count). The van der Waals surface area contributed by atoms with Crippen molar-refractivity contribution in [1.29, 1.82) is 0 Å². The summed E-state index contributed by atoms with van der Waals surface area (Å²) in [6, 6.07) is 13.6. The highest BCUT2D eigenvalue weighted by Crippen LogP contribution is 2.29. The van der Waals surface area contributed by atoms with E-state index in [1.54, 1.807) is 13.3 Å². The van der Waals surface area contributed by atoms with Gasteiger partial charge < -0.3 is 25.0 Å². The summed E-state index contributed by atoms with van der Waals surface area (Å²) >= 11 is 6.30. The second kappa shape index (κ2) is 10.1. The zero-order valence-corrected chi connectivity index (χ0v) is 20.3. The summed E-state index contributed by atoms with van der Waals surface area (Å²) in [6.07, 6.45) is 3.46. The molecule has 1 atom stereocenters. The van der Waals surface area contributed by atoms with Crippen molar-refractivity contribution in [2.45, 2.75) is 38.5 Å². The summed E-state index contributed by atoms with van der Waals surface area (Å²) in [7, 11) is 1.58. The Morgan fingerprint density at radius 3 is 2.69 bits per heavy atom. The fourth-order valence-corrected chi connectivity index (χ4v) is 5.02.